The molecule has 1 aromatic rings. The molecule has 15 heavy (non-hydrogen) atoms. The summed E-state index contributed by atoms with van der Waals surface area (Å²) < 4.78 is 0. The summed E-state index contributed by atoms with van der Waals surface area (Å²) in [7, 11) is 0. The van der Waals surface area contributed by atoms with Crippen molar-refractivity contribution in [2.45, 2.75) is 0 Å². The van der Waals surface area contributed by atoms with Crippen molar-refractivity contribution < 1.29 is 0 Å². The molecule has 2 rings (SSSR count). The summed E-state index contributed by atoms with van der Waals surface area (Å²) in [4.78, 5) is 6.42. The number of H-pyrrole nitrogens is 1. The van der Waals surface area contributed by atoms with E-state index in [1.54, 1.807) is 30.9 Å². The van der Waals surface area contributed by atoms with Crippen molar-refractivity contribution in [2.75, 3.05) is 0 Å². The normalized spacial score (nSPS) is 14.1. The maximum atomic E-state index is 5.36. The van der Waals surface area contributed by atoms with Crippen molar-refractivity contribution in [1.29, 1.82) is 0 Å². The zero-order chi connectivity index (χ0) is 11.1. The second-order valence-corrected chi connectivity index (χ2v) is 2.55. The summed E-state index contributed by atoms with van der Waals surface area (Å²) in [6.45, 7) is 3.53. The molecule has 0 fully saturated rings. The molecule has 0 saturated carbocycles. The van der Waals surface area contributed by atoms with Gasteiger partial charge in [-0.25, -0.2) is 10.8 Å². The fraction of sp³-hybridized carbons (Fsp3) is 0. The third-order valence-electron chi connectivity index (χ3n) is 1.40. The molecule has 0 atom stereocenters. The number of hydrogen-bond acceptors (Lipinski definition) is 6. The van der Waals surface area contributed by atoms with Crippen LogP contribution in [0.4, 0.5) is 0 Å². The van der Waals surface area contributed by atoms with E-state index < -0.39 is 0 Å². The Balaban J connectivity index is 0.000000187. The van der Waals surface area contributed by atoms with Gasteiger partial charge < -0.3 is 10.7 Å². The number of nitrogens with two attached hydrogens (primary N) is 2. The van der Waals surface area contributed by atoms with Crippen molar-refractivity contribution in [1.82, 2.24) is 20.6 Å². The Hall–Kier alpha value is -2.28. The van der Waals surface area contributed by atoms with E-state index in [4.69, 9.17) is 11.6 Å². The van der Waals surface area contributed by atoms with E-state index in [9.17, 15) is 0 Å². The lowest BCUT2D eigenvalue weighted by Crippen LogP contribution is -2.42. The Kier molecular flexibility index (Phi) is 3.92. The van der Waals surface area contributed by atoms with E-state index in [-0.39, 0.29) is 0 Å². The summed E-state index contributed by atoms with van der Waals surface area (Å²) in [5.74, 6) is 5.61. The summed E-state index contributed by atoms with van der Waals surface area (Å²) in [5, 5.41) is 4.69. The van der Waals surface area contributed by atoms with Crippen LogP contribution in [0, 0.1) is 0 Å². The molecule has 1 aliphatic rings. The number of aromatic amines is 1. The summed E-state index contributed by atoms with van der Waals surface area (Å²) in [6.07, 6.45) is 8.32. The highest BCUT2D eigenvalue weighted by atomic mass is 15.8. The van der Waals surface area contributed by atoms with E-state index in [0.29, 0.717) is 5.84 Å². The maximum absolute atomic E-state index is 5.36. The minimum absolute atomic E-state index is 0.358. The largest absolute Gasteiger partial charge is 0.382 e. The van der Waals surface area contributed by atoms with E-state index >= 15 is 0 Å². The monoisotopic (exact) mass is 207 g/mol. The van der Waals surface area contributed by atoms with Crippen LogP contribution in [-0.4, -0.2) is 21.0 Å². The number of aromatic nitrogens is 2. The number of allylic oxidation sites excluding steroid dienone is 1. The fourth-order valence-corrected chi connectivity index (χ4v) is 0.822. The Morgan fingerprint density at radius 1 is 1.53 bits per heavy atom. The first-order chi connectivity index (χ1) is 7.22. The van der Waals surface area contributed by atoms with Gasteiger partial charge in [0.15, 0.2) is 0 Å². The van der Waals surface area contributed by atoms with Gasteiger partial charge in [0, 0.05) is 18.5 Å². The van der Waals surface area contributed by atoms with Crippen LogP contribution in [0.2, 0.25) is 0 Å². The van der Waals surface area contributed by atoms with Crippen LogP contribution in [0.25, 0.3) is 0 Å². The number of imidazole rings is 1. The Morgan fingerprint density at radius 3 is 2.73 bits per heavy atom. The van der Waals surface area contributed by atoms with E-state index in [0.717, 1.165) is 10.9 Å². The third kappa shape index (κ3) is 3.96. The average molecular weight is 207 g/mol. The van der Waals surface area contributed by atoms with Gasteiger partial charge in [0.2, 0.25) is 0 Å². The molecule has 7 nitrogen and oxygen atoms in total. The molecule has 0 unspecified atom stereocenters. The van der Waals surface area contributed by atoms with Gasteiger partial charge in [0.25, 0.3) is 0 Å². The summed E-state index contributed by atoms with van der Waals surface area (Å²) in [6, 6.07) is 0. The Labute approximate surface area is 87.1 Å². The lowest BCUT2D eigenvalue weighted by Gasteiger charge is -2.19. The van der Waals surface area contributed by atoms with Gasteiger partial charge in [-0.3, -0.25) is 5.43 Å². The number of hydrazone groups is 1. The van der Waals surface area contributed by atoms with Crippen molar-refractivity contribution in [3.63, 3.8) is 0 Å². The zero-order valence-corrected chi connectivity index (χ0v) is 8.09. The minimum Gasteiger partial charge on any atom is -0.382 e. The van der Waals surface area contributed by atoms with E-state index in [1.165, 1.54) is 0 Å². The smallest absolute Gasteiger partial charge is 0.149 e. The van der Waals surface area contributed by atoms with Gasteiger partial charge in [-0.2, -0.15) is 0 Å². The molecule has 1 aromatic heterocycles. The number of rotatable bonds is 1. The highest BCUT2D eigenvalue weighted by Gasteiger charge is 2.02. The van der Waals surface area contributed by atoms with Gasteiger partial charge in [-0.05, 0) is 6.08 Å². The molecular formula is C8H13N7. The molecule has 0 radical (unpaired) electrons. The van der Waals surface area contributed by atoms with Gasteiger partial charge >= 0.3 is 0 Å². The maximum Gasteiger partial charge on any atom is 0.149 e. The molecule has 6 N–H and O–H groups in total. The topological polar surface area (TPSA) is 108 Å². The first-order valence-electron chi connectivity index (χ1n) is 4.15. The lowest BCUT2D eigenvalue weighted by atomic mass is 10.4. The van der Waals surface area contributed by atoms with Crippen LogP contribution >= 0.6 is 0 Å². The standard InChI is InChI=1S/C5H9N5.C3H4N2/c1-2-4-3-5(6)9-10(7)8-4;1-2-5-3-4-1/h2-3,8H,1,7H2,(H2,6,9);1-3H,(H,4,5). The van der Waals surface area contributed by atoms with E-state index in [2.05, 4.69) is 27.1 Å². The molecule has 0 aromatic carbocycles. The van der Waals surface area contributed by atoms with Crippen molar-refractivity contribution in [3.8, 4) is 0 Å². The first kappa shape index (κ1) is 10.8. The molecule has 0 amide bonds. The zero-order valence-electron chi connectivity index (χ0n) is 8.09. The van der Waals surface area contributed by atoms with Crippen molar-refractivity contribution in [3.05, 3.63) is 43.1 Å². The Morgan fingerprint density at radius 2 is 2.33 bits per heavy atom. The van der Waals surface area contributed by atoms with Crippen LogP contribution in [0.15, 0.2) is 48.3 Å². The second kappa shape index (κ2) is 5.45. The van der Waals surface area contributed by atoms with Gasteiger partial charge in [0.05, 0.1) is 12.0 Å². The number of nitrogens with zero attached hydrogens (tertiary/aromatic N) is 3. The fourth-order valence-electron chi connectivity index (χ4n) is 0.822. The number of hydrazine groups is 2. The SMILES string of the molecule is C=CC1=CC(N)=NN(N)N1.c1c[nH]cn1. The molecule has 80 valence electrons. The highest BCUT2D eigenvalue weighted by Crippen LogP contribution is 1.95. The summed E-state index contributed by atoms with van der Waals surface area (Å²) in [5.41, 5.74) is 8.77. The number of nitrogens with one attached hydrogen (secondary N) is 2. The van der Waals surface area contributed by atoms with Crippen LogP contribution in [0.5, 0.6) is 0 Å². The lowest BCUT2D eigenvalue weighted by molar-refractivity contribution is 0.229. The third-order valence-corrected chi connectivity index (χ3v) is 1.40. The second-order valence-electron chi connectivity index (χ2n) is 2.55. The van der Waals surface area contributed by atoms with Gasteiger partial charge in [-0.1, -0.05) is 6.58 Å². The van der Waals surface area contributed by atoms with Crippen LogP contribution in [0.3, 0.4) is 0 Å². The number of amidine groups is 1. The molecular weight excluding hydrogens is 194 g/mol. The molecule has 0 aliphatic carbocycles. The Bertz CT molecular complexity index is 334. The molecule has 2 heterocycles. The van der Waals surface area contributed by atoms with Crippen LogP contribution in [0.1, 0.15) is 0 Å². The summed E-state index contributed by atoms with van der Waals surface area (Å²) >= 11 is 0. The number of hydrogen-bond donors (Lipinski definition) is 4. The van der Waals surface area contributed by atoms with E-state index in [1.807, 2.05) is 0 Å². The predicted molar refractivity (Wildman–Crippen MR) is 57.7 cm³/mol. The molecule has 0 bridgehead atoms. The molecule has 1 aliphatic heterocycles. The van der Waals surface area contributed by atoms with Crippen molar-refractivity contribution >= 4 is 5.84 Å². The molecule has 0 spiro atoms. The molecule has 7 heteroatoms. The quantitative estimate of drug-likeness (QED) is 0.461. The van der Waals surface area contributed by atoms with Crippen LogP contribution < -0.4 is 17.0 Å². The highest BCUT2D eigenvalue weighted by molar-refractivity contribution is 5.92. The van der Waals surface area contributed by atoms with Crippen molar-refractivity contribution in [2.24, 2.45) is 16.7 Å². The minimum atomic E-state index is 0.358. The average Bonchev–Trinajstić information content (AvgIpc) is 2.74. The van der Waals surface area contributed by atoms with Crippen LogP contribution in [-0.2, 0) is 0 Å². The molecule has 0 saturated heterocycles. The van der Waals surface area contributed by atoms with Gasteiger partial charge in [0.1, 0.15) is 5.84 Å². The first-order valence-corrected chi connectivity index (χ1v) is 4.15. The van der Waals surface area contributed by atoms with Gasteiger partial charge in [-0.15, -0.1) is 10.3 Å². The predicted octanol–water partition coefficient (Wildman–Crippen LogP) is -0.568.